The largest absolute Gasteiger partial charge is 0.444 e. The summed E-state index contributed by atoms with van der Waals surface area (Å²) >= 11 is 0. The number of carbonyl (C=O) groups is 1. The van der Waals surface area contributed by atoms with Crippen LogP contribution < -0.4 is 5.32 Å². The lowest BCUT2D eigenvalue weighted by molar-refractivity contribution is 0.0636. The van der Waals surface area contributed by atoms with Gasteiger partial charge in [-0.3, -0.25) is 5.32 Å². The van der Waals surface area contributed by atoms with Gasteiger partial charge in [-0.25, -0.2) is 4.79 Å². The first kappa shape index (κ1) is 14.1. The average Bonchev–Trinajstić information content (AvgIpc) is 2.35. The van der Waals surface area contributed by atoms with Crippen LogP contribution in [0.5, 0.6) is 0 Å². The minimum atomic E-state index is -0.519. The molecule has 2 aromatic carbocycles. The number of rotatable bonds is 2. The van der Waals surface area contributed by atoms with Gasteiger partial charge in [0.15, 0.2) is 0 Å². The highest BCUT2D eigenvalue weighted by Crippen LogP contribution is 2.25. The van der Waals surface area contributed by atoms with Gasteiger partial charge in [-0.2, -0.15) is 0 Å². The van der Waals surface area contributed by atoms with Crippen molar-refractivity contribution in [1.82, 2.24) is 0 Å². The van der Waals surface area contributed by atoms with Crippen LogP contribution >= 0.6 is 0 Å². The molecule has 0 bridgehead atoms. The van der Waals surface area contributed by atoms with Crippen molar-refractivity contribution in [1.29, 1.82) is 0 Å². The van der Waals surface area contributed by atoms with Gasteiger partial charge in [-0.15, -0.1) is 0 Å². The molecular formula is C17H19NO2. The molecule has 0 aromatic heterocycles. The third kappa shape index (κ3) is 3.38. The molecule has 0 fully saturated rings. The van der Waals surface area contributed by atoms with Gasteiger partial charge < -0.3 is 4.74 Å². The Hall–Kier alpha value is -2.29. The van der Waals surface area contributed by atoms with E-state index in [0.29, 0.717) is 5.69 Å². The van der Waals surface area contributed by atoms with Gasteiger partial charge in [-0.05, 0) is 49.2 Å². The molecule has 104 valence electrons. The number of amides is 1. The van der Waals surface area contributed by atoms with E-state index >= 15 is 0 Å². The number of ether oxygens (including phenoxy) is 1. The van der Waals surface area contributed by atoms with Crippen LogP contribution in [0.1, 0.15) is 26.3 Å². The normalized spacial score (nSPS) is 11.2. The van der Waals surface area contributed by atoms with Gasteiger partial charge in [0.1, 0.15) is 5.60 Å². The summed E-state index contributed by atoms with van der Waals surface area (Å²) in [6.07, 6.45) is 1.26. The van der Waals surface area contributed by atoms with Gasteiger partial charge in [0, 0.05) is 0 Å². The Bertz CT molecular complexity index is 654. The van der Waals surface area contributed by atoms with Crippen molar-refractivity contribution in [3.05, 3.63) is 48.5 Å². The summed E-state index contributed by atoms with van der Waals surface area (Å²) in [4.78, 5) is 11.9. The Balaban J connectivity index is 2.33. The maximum absolute atomic E-state index is 11.9. The van der Waals surface area contributed by atoms with E-state index in [4.69, 9.17) is 4.74 Å². The predicted octanol–water partition coefficient (Wildman–Crippen LogP) is 4.83. The second-order valence-electron chi connectivity index (χ2n) is 5.62. The lowest BCUT2D eigenvalue weighted by Gasteiger charge is -2.20. The molecule has 0 radical (unpaired) electrons. The monoisotopic (exact) mass is 269 g/mol. The highest BCUT2D eigenvalue weighted by atomic mass is 16.6. The van der Waals surface area contributed by atoms with Gasteiger partial charge >= 0.3 is 6.09 Å². The molecule has 1 N–H and O–H groups in total. The van der Waals surface area contributed by atoms with Gasteiger partial charge in [0.25, 0.3) is 0 Å². The second-order valence-corrected chi connectivity index (χ2v) is 5.62. The predicted molar refractivity (Wildman–Crippen MR) is 83.9 cm³/mol. The quantitative estimate of drug-likeness (QED) is 0.848. The zero-order chi connectivity index (χ0) is 14.8. The zero-order valence-electron chi connectivity index (χ0n) is 12.1. The van der Waals surface area contributed by atoms with E-state index in [1.165, 1.54) is 0 Å². The summed E-state index contributed by atoms with van der Waals surface area (Å²) in [7, 11) is 0. The third-order valence-corrected chi connectivity index (χ3v) is 2.77. The smallest absolute Gasteiger partial charge is 0.412 e. The Morgan fingerprint density at radius 2 is 1.80 bits per heavy atom. The summed E-state index contributed by atoms with van der Waals surface area (Å²) in [6, 6.07) is 11.9. The molecule has 0 saturated carbocycles. The molecule has 2 aromatic rings. The van der Waals surface area contributed by atoms with Crippen molar-refractivity contribution in [3.8, 4) is 0 Å². The van der Waals surface area contributed by atoms with Crippen LogP contribution in [0.4, 0.5) is 10.5 Å². The van der Waals surface area contributed by atoms with E-state index < -0.39 is 11.7 Å². The summed E-state index contributed by atoms with van der Waals surface area (Å²) in [5.74, 6) is 0. The summed E-state index contributed by atoms with van der Waals surface area (Å²) in [5, 5.41) is 4.95. The molecule has 0 spiro atoms. The van der Waals surface area contributed by atoms with Crippen LogP contribution in [0.2, 0.25) is 0 Å². The molecule has 1 amide bonds. The van der Waals surface area contributed by atoms with Crippen molar-refractivity contribution < 1.29 is 9.53 Å². The lowest BCUT2D eigenvalue weighted by Crippen LogP contribution is -2.27. The van der Waals surface area contributed by atoms with E-state index in [1.54, 1.807) is 6.08 Å². The van der Waals surface area contributed by atoms with E-state index in [2.05, 4.69) is 11.9 Å². The standard InChI is InChI=1S/C17H19NO2/c1-5-12-10-13-8-6-7-9-14(13)11-15(12)18-16(19)20-17(2,3)4/h5-11H,1H2,2-4H3,(H,18,19). The minimum absolute atomic E-state index is 0.462. The highest BCUT2D eigenvalue weighted by Gasteiger charge is 2.17. The number of benzene rings is 2. The number of fused-ring (bicyclic) bond motifs is 1. The van der Waals surface area contributed by atoms with E-state index in [0.717, 1.165) is 16.3 Å². The fourth-order valence-corrected chi connectivity index (χ4v) is 1.95. The summed E-state index contributed by atoms with van der Waals surface area (Å²) in [6.45, 7) is 9.29. The lowest BCUT2D eigenvalue weighted by atomic mass is 10.0. The first-order chi connectivity index (χ1) is 9.39. The van der Waals surface area contributed by atoms with Crippen LogP contribution in [0.3, 0.4) is 0 Å². The Morgan fingerprint density at radius 1 is 1.20 bits per heavy atom. The number of anilines is 1. The summed E-state index contributed by atoms with van der Waals surface area (Å²) < 4.78 is 5.27. The molecule has 0 unspecified atom stereocenters. The SMILES string of the molecule is C=Cc1cc2ccccc2cc1NC(=O)OC(C)(C)C. The van der Waals surface area contributed by atoms with Crippen LogP contribution in [0.15, 0.2) is 43.0 Å². The topological polar surface area (TPSA) is 38.3 Å². The number of hydrogen-bond donors (Lipinski definition) is 1. The van der Waals surface area contributed by atoms with E-state index in [1.807, 2.05) is 57.2 Å². The van der Waals surface area contributed by atoms with E-state index in [9.17, 15) is 4.79 Å². The molecule has 0 aliphatic carbocycles. The van der Waals surface area contributed by atoms with Crippen LogP contribution in [-0.2, 0) is 4.74 Å². The fraction of sp³-hybridized carbons (Fsp3) is 0.235. The zero-order valence-corrected chi connectivity index (χ0v) is 12.1. The maximum atomic E-state index is 11.9. The minimum Gasteiger partial charge on any atom is -0.444 e. The van der Waals surface area contributed by atoms with Crippen LogP contribution in [0.25, 0.3) is 16.8 Å². The maximum Gasteiger partial charge on any atom is 0.412 e. The van der Waals surface area contributed by atoms with Crippen LogP contribution in [0, 0.1) is 0 Å². The van der Waals surface area contributed by atoms with Crippen molar-refractivity contribution in [2.45, 2.75) is 26.4 Å². The molecule has 3 nitrogen and oxygen atoms in total. The number of carbonyl (C=O) groups excluding carboxylic acids is 1. The van der Waals surface area contributed by atoms with E-state index in [-0.39, 0.29) is 0 Å². The molecule has 0 saturated heterocycles. The molecular weight excluding hydrogens is 250 g/mol. The molecule has 2 rings (SSSR count). The molecule has 0 atom stereocenters. The molecule has 0 aliphatic heterocycles. The molecule has 3 heteroatoms. The van der Waals surface area contributed by atoms with Crippen molar-refractivity contribution in [2.24, 2.45) is 0 Å². The molecule has 20 heavy (non-hydrogen) atoms. The van der Waals surface area contributed by atoms with Gasteiger partial charge in [0.05, 0.1) is 5.69 Å². The van der Waals surface area contributed by atoms with Crippen LogP contribution in [-0.4, -0.2) is 11.7 Å². The molecule has 0 heterocycles. The van der Waals surface area contributed by atoms with Gasteiger partial charge in [-0.1, -0.05) is 36.9 Å². The molecule has 0 aliphatic rings. The number of nitrogens with one attached hydrogen (secondary N) is 1. The Kier molecular flexibility index (Phi) is 3.79. The Labute approximate surface area is 119 Å². The van der Waals surface area contributed by atoms with Gasteiger partial charge in [0.2, 0.25) is 0 Å². The number of hydrogen-bond acceptors (Lipinski definition) is 2. The van der Waals surface area contributed by atoms with Crippen molar-refractivity contribution >= 4 is 28.6 Å². The second kappa shape index (κ2) is 5.37. The fourth-order valence-electron chi connectivity index (χ4n) is 1.95. The van der Waals surface area contributed by atoms with Crippen molar-refractivity contribution in [2.75, 3.05) is 5.32 Å². The summed E-state index contributed by atoms with van der Waals surface area (Å²) in [5.41, 5.74) is 1.05. The van der Waals surface area contributed by atoms with Crippen molar-refractivity contribution in [3.63, 3.8) is 0 Å². The third-order valence-electron chi connectivity index (χ3n) is 2.77. The first-order valence-electron chi connectivity index (χ1n) is 6.54. The highest BCUT2D eigenvalue weighted by molar-refractivity contribution is 5.95. The average molecular weight is 269 g/mol. The first-order valence-corrected chi connectivity index (χ1v) is 6.54. The Morgan fingerprint density at radius 3 is 2.35 bits per heavy atom.